The van der Waals surface area contributed by atoms with E-state index in [0.29, 0.717) is 11.8 Å². The van der Waals surface area contributed by atoms with Gasteiger partial charge < -0.3 is 10.2 Å². The molecule has 0 aliphatic heterocycles. The van der Waals surface area contributed by atoms with Crippen molar-refractivity contribution < 1.29 is 10.2 Å². The van der Waals surface area contributed by atoms with E-state index < -0.39 is 5.60 Å². The van der Waals surface area contributed by atoms with E-state index in [0.717, 1.165) is 12.8 Å². The molecular weight excluding hydrogens is 176 g/mol. The Morgan fingerprint density at radius 1 is 1.29 bits per heavy atom. The Labute approximate surface area is 86.3 Å². The standard InChI is InChI=1S/C12H22O2/c1-12(14)8-10(12)7-11(13)9-5-3-2-4-6-9/h9-11,13-14H,2-8H2,1H3. The molecule has 0 heterocycles. The van der Waals surface area contributed by atoms with Crippen molar-refractivity contribution in [3.63, 3.8) is 0 Å². The molecule has 0 aromatic rings. The van der Waals surface area contributed by atoms with Gasteiger partial charge in [0.2, 0.25) is 0 Å². The van der Waals surface area contributed by atoms with Crippen molar-refractivity contribution in [1.29, 1.82) is 0 Å². The van der Waals surface area contributed by atoms with Gasteiger partial charge in [-0.15, -0.1) is 0 Å². The number of aliphatic hydroxyl groups excluding tert-OH is 1. The van der Waals surface area contributed by atoms with Crippen LogP contribution in [0.2, 0.25) is 0 Å². The lowest BCUT2D eigenvalue weighted by Gasteiger charge is -2.26. The lowest BCUT2D eigenvalue weighted by molar-refractivity contribution is 0.0582. The molecule has 0 bridgehead atoms. The van der Waals surface area contributed by atoms with Crippen molar-refractivity contribution in [2.45, 2.75) is 63.6 Å². The zero-order valence-corrected chi connectivity index (χ0v) is 9.08. The molecule has 0 amide bonds. The van der Waals surface area contributed by atoms with E-state index in [1.54, 1.807) is 0 Å². The highest BCUT2D eigenvalue weighted by molar-refractivity contribution is 5.00. The van der Waals surface area contributed by atoms with Crippen LogP contribution in [0.5, 0.6) is 0 Å². The third-order valence-electron chi connectivity index (χ3n) is 4.10. The molecule has 2 rings (SSSR count). The number of hydrogen-bond acceptors (Lipinski definition) is 2. The predicted molar refractivity (Wildman–Crippen MR) is 55.9 cm³/mol. The number of rotatable bonds is 3. The smallest absolute Gasteiger partial charge is 0.0653 e. The first kappa shape index (κ1) is 10.4. The minimum absolute atomic E-state index is 0.158. The van der Waals surface area contributed by atoms with Crippen LogP contribution in [0.15, 0.2) is 0 Å². The SMILES string of the molecule is CC1(O)CC1CC(O)C1CCCCC1. The van der Waals surface area contributed by atoms with Crippen molar-refractivity contribution >= 4 is 0 Å². The minimum atomic E-state index is -0.463. The molecule has 2 N–H and O–H groups in total. The Balaban J connectivity index is 1.75. The Morgan fingerprint density at radius 3 is 2.36 bits per heavy atom. The summed E-state index contributed by atoms with van der Waals surface area (Å²) in [6.07, 6.45) is 7.82. The van der Waals surface area contributed by atoms with Gasteiger partial charge >= 0.3 is 0 Å². The summed E-state index contributed by atoms with van der Waals surface area (Å²) < 4.78 is 0. The summed E-state index contributed by atoms with van der Waals surface area (Å²) in [6, 6.07) is 0. The molecule has 2 heteroatoms. The summed E-state index contributed by atoms with van der Waals surface area (Å²) in [4.78, 5) is 0. The number of aliphatic hydroxyl groups is 2. The Hall–Kier alpha value is -0.0800. The molecular formula is C12H22O2. The largest absolute Gasteiger partial charge is 0.393 e. The predicted octanol–water partition coefficient (Wildman–Crippen LogP) is 2.09. The fourth-order valence-electron chi connectivity index (χ4n) is 2.78. The first-order chi connectivity index (χ1) is 6.59. The zero-order chi connectivity index (χ0) is 10.2. The maximum Gasteiger partial charge on any atom is 0.0653 e. The van der Waals surface area contributed by atoms with Crippen LogP contribution in [0.3, 0.4) is 0 Å². The average Bonchev–Trinajstić information content (AvgIpc) is 2.75. The lowest BCUT2D eigenvalue weighted by Crippen LogP contribution is -2.24. The van der Waals surface area contributed by atoms with Crippen molar-refractivity contribution in [2.24, 2.45) is 11.8 Å². The summed E-state index contributed by atoms with van der Waals surface area (Å²) in [5.41, 5.74) is -0.463. The van der Waals surface area contributed by atoms with Gasteiger partial charge in [0.05, 0.1) is 11.7 Å². The van der Waals surface area contributed by atoms with Gasteiger partial charge in [-0.2, -0.15) is 0 Å². The molecule has 3 atom stereocenters. The van der Waals surface area contributed by atoms with E-state index in [9.17, 15) is 10.2 Å². The molecule has 2 fully saturated rings. The molecule has 14 heavy (non-hydrogen) atoms. The van der Waals surface area contributed by atoms with Gasteiger partial charge in [-0.25, -0.2) is 0 Å². The summed E-state index contributed by atoms with van der Waals surface area (Å²) in [7, 11) is 0. The van der Waals surface area contributed by atoms with E-state index in [4.69, 9.17) is 0 Å². The van der Waals surface area contributed by atoms with Crippen LogP contribution >= 0.6 is 0 Å². The molecule has 2 saturated carbocycles. The highest BCUT2D eigenvalue weighted by Crippen LogP contribution is 2.47. The molecule has 2 nitrogen and oxygen atoms in total. The fraction of sp³-hybridized carbons (Fsp3) is 1.00. The monoisotopic (exact) mass is 198 g/mol. The maximum absolute atomic E-state index is 10.0. The van der Waals surface area contributed by atoms with Crippen LogP contribution in [0.4, 0.5) is 0 Å². The molecule has 0 radical (unpaired) electrons. The summed E-state index contributed by atoms with van der Waals surface area (Å²) in [6.45, 7) is 1.88. The summed E-state index contributed by atoms with van der Waals surface area (Å²) >= 11 is 0. The topological polar surface area (TPSA) is 40.5 Å². The van der Waals surface area contributed by atoms with Gasteiger partial charge in [0.15, 0.2) is 0 Å². The van der Waals surface area contributed by atoms with E-state index in [1.807, 2.05) is 6.92 Å². The molecule has 2 aliphatic rings. The first-order valence-electron chi connectivity index (χ1n) is 6.00. The van der Waals surface area contributed by atoms with Gasteiger partial charge in [-0.05, 0) is 44.4 Å². The van der Waals surface area contributed by atoms with Gasteiger partial charge in [-0.1, -0.05) is 19.3 Å². The number of hydrogen-bond donors (Lipinski definition) is 2. The average molecular weight is 198 g/mol. The zero-order valence-electron chi connectivity index (χ0n) is 9.08. The van der Waals surface area contributed by atoms with Crippen molar-refractivity contribution in [3.8, 4) is 0 Å². The highest BCUT2D eigenvalue weighted by Gasteiger charge is 2.49. The summed E-state index contributed by atoms with van der Waals surface area (Å²) in [5, 5.41) is 19.6. The van der Waals surface area contributed by atoms with E-state index in [-0.39, 0.29) is 6.10 Å². The second-order valence-corrected chi connectivity index (χ2v) is 5.46. The maximum atomic E-state index is 10.0. The Morgan fingerprint density at radius 2 is 1.86 bits per heavy atom. The molecule has 0 aromatic heterocycles. The highest BCUT2D eigenvalue weighted by atomic mass is 16.3. The van der Waals surface area contributed by atoms with Crippen LogP contribution < -0.4 is 0 Å². The lowest BCUT2D eigenvalue weighted by atomic mass is 9.83. The third kappa shape index (κ3) is 2.29. The fourth-order valence-corrected chi connectivity index (χ4v) is 2.78. The molecule has 0 spiro atoms. The quantitative estimate of drug-likeness (QED) is 0.729. The van der Waals surface area contributed by atoms with E-state index in [2.05, 4.69) is 0 Å². The van der Waals surface area contributed by atoms with Crippen molar-refractivity contribution in [3.05, 3.63) is 0 Å². The molecule has 3 unspecified atom stereocenters. The van der Waals surface area contributed by atoms with Crippen LogP contribution in [0.25, 0.3) is 0 Å². The molecule has 0 saturated heterocycles. The van der Waals surface area contributed by atoms with Crippen LogP contribution in [-0.2, 0) is 0 Å². The van der Waals surface area contributed by atoms with Crippen LogP contribution in [0, 0.1) is 11.8 Å². The second-order valence-electron chi connectivity index (χ2n) is 5.46. The molecule has 0 aromatic carbocycles. The van der Waals surface area contributed by atoms with Crippen molar-refractivity contribution in [2.75, 3.05) is 0 Å². The Kier molecular flexibility index (Phi) is 2.85. The van der Waals surface area contributed by atoms with E-state index in [1.165, 1.54) is 32.1 Å². The van der Waals surface area contributed by atoms with E-state index >= 15 is 0 Å². The third-order valence-corrected chi connectivity index (χ3v) is 4.10. The van der Waals surface area contributed by atoms with Crippen LogP contribution in [0.1, 0.15) is 51.9 Å². The minimum Gasteiger partial charge on any atom is -0.393 e. The molecule has 2 aliphatic carbocycles. The van der Waals surface area contributed by atoms with Gasteiger partial charge in [0.25, 0.3) is 0 Å². The van der Waals surface area contributed by atoms with Gasteiger partial charge in [0.1, 0.15) is 0 Å². The molecule has 82 valence electrons. The normalized spacial score (nSPS) is 40.9. The van der Waals surface area contributed by atoms with Gasteiger partial charge in [0, 0.05) is 0 Å². The van der Waals surface area contributed by atoms with Crippen LogP contribution in [-0.4, -0.2) is 21.9 Å². The first-order valence-corrected chi connectivity index (χ1v) is 6.00. The van der Waals surface area contributed by atoms with Crippen molar-refractivity contribution in [1.82, 2.24) is 0 Å². The Bertz CT molecular complexity index is 194. The second kappa shape index (κ2) is 3.82. The van der Waals surface area contributed by atoms with Gasteiger partial charge in [-0.3, -0.25) is 0 Å². The summed E-state index contributed by atoms with van der Waals surface area (Å²) in [5.74, 6) is 0.875.